The number of rotatable bonds is 5. The van der Waals surface area contributed by atoms with E-state index in [0.717, 1.165) is 30.4 Å². The molecule has 0 amide bonds. The Bertz CT molecular complexity index is 556. The summed E-state index contributed by atoms with van der Waals surface area (Å²) in [6.07, 6.45) is 4.43. The van der Waals surface area contributed by atoms with E-state index in [4.69, 9.17) is 11.6 Å². The molecule has 2 unspecified atom stereocenters. The molecule has 0 radical (unpaired) electrons. The van der Waals surface area contributed by atoms with Gasteiger partial charge in [0, 0.05) is 19.0 Å². The Labute approximate surface area is 133 Å². The molecule has 1 aliphatic rings. The summed E-state index contributed by atoms with van der Waals surface area (Å²) in [6, 6.07) is 7.63. The van der Waals surface area contributed by atoms with Crippen LogP contribution in [0.3, 0.4) is 0 Å². The molecule has 21 heavy (non-hydrogen) atoms. The van der Waals surface area contributed by atoms with Gasteiger partial charge in [-0.2, -0.15) is 0 Å². The number of hydrogen-bond donors (Lipinski definition) is 0. The van der Waals surface area contributed by atoms with Gasteiger partial charge in [-0.15, -0.1) is 11.6 Å². The van der Waals surface area contributed by atoms with Crippen LogP contribution in [0.2, 0.25) is 0 Å². The van der Waals surface area contributed by atoms with Crippen LogP contribution in [0.25, 0.3) is 0 Å². The van der Waals surface area contributed by atoms with Gasteiger partial charge in [-0.25, -0.2) is 12.7 Å². The Morgan fingerprint density at radius 1 is 1.14 bits per heavy atom. The van der Waals surface area contributed by atoms with E-state index in [2.05, 4.69) is 6.92 Å². The molecule has 118 valence electrons. The Kier molecular flexibility index (Phi) is 5.69. The zero-order valence-electron chi connectivity index (χ0n) is 12.8. The third-order valence-electron chi connectivity index (χ3n) is 4.50. The van der Waals surface area contributed by atoms with E-state index in [-0.39, 0.29) is 11.8 Å². The summed E-state index contributed by atoms with van der Waals surface area (Å²) in [6.45, 7) is 2.16. The Hall–Kier alpha value is -0.580. The van der Waals surface area contributed by atoms with Crippen molar-refractivity contribution in [1.29, 1.82) is 0 Å². The lowest BCUT2D eigenvalue weighted by Gasteiger charge is -2.35. The van der Waals surface area contributed by atoms with Crippen LogP contribution in [0.15, 0.2) is 24.3 Å². The summed E-state index contributed by atoms with van der Waals surface area (Å²) < 4.78 is 26.8. The first kappa shape index (κ1) is 16.8. The summed E-state index contributed by atoms with van der Waals surface area (Å²) in [5.74, 6) is 0.957. The van der Waals surface area contributed by atoms with Crippen molar-refractivity contribution >= 4 is 21.6 Å². The quantitative estimate of drug-likeness (QED) is 0.771. The van der Waals surface area contributed by atoms with Crippen LogP contribution < -0.4 is 0 Å². The van der Waals surface area contributed by atoms with E-state index in [0.29, 0.717) is 11.8 Å². The number of nitrogens with zero attached hydrogens (tertiary/aromatic N) is 1. The second kappa shape index (κ2) is 7.12. The minimum atomic E-state index is -3.27. The number of alkyl halides is 1. The Morgan fingerprint density at radius 3 is 2.29 bits per heavy atom. The van der Waals surface area contributed by atoms with Crippen molar-refractivity contribution in [2.75, 3.05) is 7.05 Å². The fraction of sp³-hybridized carbons (Fsp3) is 0.625. The van der Waals surface area contributed by atoms with Gasteiger partial charge in [-0.1, -0.05) is 44.0 Å². The molecule has 0 bridgehead atoms. The van der Waals surface area contributed by atoms with Crippen LogP contribution in [0.4, 0.5) is 0 Å². The van der Waals surface area contributed by atoms with Crippen LogP contribution in [0, 0.1) is 5.92 Å². The smallest absolute Gasteiger partial charge is 0.212 e. The van der Waals surface area contributed by atoms with E-state index in [1.807, 2.05) is 24.3 Å². The van der Waals surface area contributed by atoms with Crippen molar-refractivity contribution in [3.63, 3.8) is 0 Å². The van der Waals surface area contributed by atoms with Crippen LogP contribution in [-0.4, -0.2) is 25.8 Å². The van der Waals surface area contributed by atoms with Crippen molar-refractivity contribution in [3.05, 3.63) is 35.4 Å². The van der Waals surface area contributed by atoms with E-state index in [9.17, 15) is 8.42 Å². The van der Waals surface area contributed by atoms with Gasteiger partial charge in [0.05, 0.1) is 5.75 Å². The number of halogens is 1. The third kappa shape index (κ3) is 4.21. The van der Waals surface area contributed by atoms with Gasteiger partial charge < -0.3 is 0 Å². The summed E-state index contributed by atoms with van der Waals surface area (Å²) in [7, 11) is -1.53. The first-order chi connectivity index (χ1) is 9.94. The summed E-state index contributed by atoms with van der Waals surface area (Å²) in [4.78, 5) is 0. The van der Waals surface area contributed by atoms with Crippen molar-refractivity contribution in [1.82, 2.24) is 4.31 Å². The molecule has 0 aromatic heterocycles. The van der Waals surface area contributed by atoms with Crippen molar-refractivity contribution in [3.8, 4) is 0 Å². The van der Waals surface area contributed by atoms with E-state index in [1.165, 1.54) is 6.42 Å². The van der Waals surface area contributed by atoms with Crippen LogP contribution >= 0.6 is 11.6 Å². The molecule has 1 aromatic rings. The van der Waals surface area contributed by atoms with Crippen LogP contribution in [0.1, 0.15) is 43.7 Å². The molecule has 0 N–H and O–H groups in total. The first-order valence-corrected chi connectivity index (χ1v) is 9.68. The van der Waals surface area contributed by atoms with Gasteiger partial charge in [0.1, 0.15) is 0 Å². The number of sulfonamides is 1. The van der Waals surface area contributed by atoms with Gasteiger partial charge in [0.15, 0.2) is 0 Å². The Balaban J connectivity index is 2.09. The molecule has 0 heterocycles. The molecule has 0 spiro atoms. The second-order valence-electron chi connectivity index (χ2n) is 6.05. The van der Waals surface area contributed by atoms with Crippen molar-refractivity contribution < 1.29 is 8.42 Å². The molecule has 1 aliphatic carbocycles. The largest absolute Gasteiger partial charge is 0.218 e. The average Bonchev–Trinajstić information content (AvgIpc) is 2.47. The van der Waals surface area contributed by atoms with E-state index in [1.54, 1.807) is 11.4 Å². The predicted octanol–water partition coefficient (Wildman–Crippen LogP) is 3.77. The summed E-state index contributed by atoms with van der Waals surface area (Å²) in [5.41, 5.74) is 1.83. The molecule has 1 aromatic carbocycles. The zero-order valence-corrected chi connectivity index (χ0v) is 14.3. The maximum atomic E-state index is 12.6. The summed E-state index contributed by atoms with van der Waals surface area (Å²) in [5, 5.41) is 0. The van der Waals surface area contributed by atoms with E-state index < -0.39 is 10.0 Å². The van der Waals surface area contributed by atoms with Crippen LogP contribution in [-0.2, 0) is 21.7 Å². The molecule has 0 aliphatic heterocycles. The van der Waals surface area contributed by atoms with Gasteiger partial charge in [0.2, 0.25) is 10.0 Å². The Morgan fingerprint density at radius 2 is 1.71 bits per heavy atom. The van der Waals surface area contributed by atoms with Gasteiger partial charge in [0.25, 0.3) is 0 Å². The molecule has 2 atom stereocenters. The molecule has 5 heteroatoms. The molecular weight excluding hydrogens is 306 g/mol. The molecule has 1 saturated carbocycles. The van der Waals surface area contributed by atoms with Gasteiger partial charge in [-0.3, -0.25) is 0 Å². The molecular formula is C16H24ClNO2S. The average molecular weight is 330 g/mol. The van der Waals surface area contributed by atoms with Gasteiger partial charge in [-0.05, 0) is 29.9 Å². The minimum Gasteiger partial charge on any atom is -0.212 e. The van der Waals surface area contributed by atoms with E-state index >= 15 is 0 Å². The highest BCUT2D eigenvalue weighted by molar-refractivity contribution is 7.88. The minimum absolute atomic E-state index is 0.0648. The molecule has 3 nitrogen and oxygen atoms in total. The standard InChI is InChI=1S/C16H24ClNO2S/c1-13-5-3-4-6-16(13)18(2)21(19,20)12-15-9-7-14(11-17)8-10-15/h7-10,13,16H,3-6,11-12H2,1-2H3. The lowest BCUT2D eigenvalue weighted by molar-refractivity contribution is 0.213. The topological polar surface area (TPSA) is 37.4 Å². The normalized spacial score (nSPS) is 23.4. The highest BCUT2D eigenvalue weighted by Gasteiger charge is 2.31. The maximum absolute atomic E-state index is 12.6. The lowest BCUT2D eigenvalue weighted by Crippen LogP contribution is -2.43. The summed E-state index contributed by atoms with van der Waals surface area (Å²) >= 11 is 5.75. The predicted molar refractivity (Wildman–Crippen MR) is 87.8 cm³/mol. The van der Waals surface area contributed by atoms with Crippen LogP contribution in [0.5, 0.6) is 0 Å². The highest BCUT2D eigenvalue weighted by atomic mass is 35.5. The zero-order chi connectivity index (χ0) is 15.5. The SMILES string of the molecule is CC1CCCCC1N(C)S(=O)(=O)Cc1ccc(CCl)cc1. The molecule has 2 rings (SSSR count). The molecule has 1 fully saturated rings. The monoisotopic (exact) mass is 329 g/mol. The fourth-order valence-electron chi connectivity index (χ4n) is 3.08. The fourth-order valence-corrected chi connectivity index (χ4v) is 4.80. The van der Waals surface area contributed by atoms with Gasteiger partial charge >= 0.3 is 0 Å². The number of benzene rings is 1. The van der Waals surface area contributed by atoms with Crippen molar-refractivity contribution in [2.24, 2.45) is 5.92 Å². The van der Waals surface area contributed by atoms with Crippen molar-refractivity contribution in [2.45, 2.75) is 50.3 Å². The highest BCUT2D eigenvalue weighted by Crippen LogP contribution is 2.29. The second-order valence-corrected chi connectivity index (χ2v) is 8.35. The maximum Gasteiger partial charge on any atom is 0.218 e. The molecule has 0 saturated heterocycles. The number of hydrogen-bond acceptors (Lipinski definition) is 2. The lowest BCUT2D eigenvalue weighted by atomic mass is 9.86. The third-order valence-corrected chi connectivity index (χ3v) is 6.65. The first-order valence-electron chi connectivity index (χ1n) is 7.53.